The SMILES string of the molecule is CCOc1ccc(CC(C(=O)OC)C(=O)OC)cc1COC(=O)Nc1ccc(C(F)(F)F)cc1. The van der Waals surface area contributed by atoms with Gasteiger partial charge in [0.25, 0.3) is 0 Å². The Morgan fingerprint density at radius 1 is 0.971 bits per heavy atom. The Morgan fingerprint density at radius 2 is 1.59 bits per heavy atom. The van der Waals surface area contributed by atoms with E-state index in [0.29, 0.717) is 23.5 Å². The number of hydrogen-bond donors (Lipinski definition) is 1. The smallest absolute Gasteiger partial charge is 0.416 e. The molecular formula is C23H24F3NO7. The van der Waals surface area contributed by atoms with E-state index in [4.69, 9.17) is 9.47 Å². The minimum absolute atomic E-state index is 0.0174. The largest absolute Gasteiger partial charge is 0.493 e. The van der Waals surface area contributed by atoms with E-state index in [1.807, 2.05) is 0 Å². The predicted octanol–water partition coefficient (Wildman–Crippen LogP) is 4.36. The molecule has 34 heavy (non-hydrogen) atoms. The van der Waals surface area contributed by atoms with Crippen molar-refractivity contribution < 1.29 is 46.5 Å². The number of carbonyl (C=O) groups excluding carboxylic acids is 3. The molecule has 0 heterocycles. The molecule has 8 nitrogen and oxygen atoms in total. The van der Waals surface area contributed by atoms with E-state index < -0.39 is 35.7 Å². The maximum Gasteiger partial charge on any atom is 0.416 e. The molecule has 2 rings (SSSR count). The van der Waals surface area contributed by atoms with E-state index in [2.05, 4.69) is 14.8 Å². The van der Waals surface area contributed by atoms with Crippen LogP contribution in [0.5, 0.6) is 5.75 Å². The van der Waals surface area contributed by atoms with Gasteiger partial charge in [-0.05, 0) is 55.3 Å². The van der Waals surface area contributed by atoms with E-state index in [-0.39, 0.29) is 18.7 Å². The zero-order valence-corrected chi connectivity index (χ0v) is 18.7. The second-order valence-corrected chi connectivity index (χ2v) is 6.95. The van der Waals surface area contributed by atoms with E-state index in [1.165, 1.54) is 0 Å². The Balaban J connectivity index is 2.11. The molecule has 184 valence electrons. The molecule has 0 aliphatic heterocycles. The van der Waals surface area contributed by atoms with Crippen molar-refractivity contribution in [2.45, 2.75) is 26.1 Å². The third-order valence-corrected chi connectivity index (χ3v) is 4.65. The number of hydrogen-bond acceptors (Lipinski definition) is 7. The van der Waals surface area contributed by atoms with Crippen molar-refractivity contribution in [1.82, 2.24) is 0 Å². The Kier molecular flexibility index (Phi) is 9.28. The lowest BCUT2D eigenvalue weighted by Gasteiger charge is -2.16. The van der Waals surface area contributed by atoms with Crippen molar-refractivity contribution in [2.75, 3.05) is 26.1 Å². The average molecular weight is 483 g/mol. The van der Waals surface area contributed by atoms with Crippen LogP contribution in [0.25, 0.3) is 0 Å². The fraction of sp³-hybridized carbons (Fsp3) is 0.348. The predicted molar refractivity (Wildman–Crippen MR) is 114 cm³/mol. The van der Waals surface area contributed by atoms with Crippen LogP contribution in [-0.2, 0) is 43.0 Å². The highest BCUT2D eigenvalue weighted by molar-refractivity contribution is 5.95. The first-order valence-electron chi connectivity index (χ1n) is 10.1. The van der Waals surface area contributed by atoms with Gasteiger partial charge in [-0.3, -0.25) is 14.9 Å². The molecule has 0 unspecified atom stereocenters. The van der Waals surface area contributed by atoms with Crippen LogP contribution in [0.4, 0.5) is 23.7 Å². The zero-order chi connectivity index (χ0) is 25.3. The summed E-state index contributed by atoms with van der Waals surface area (Å²) in [7, 11) is 2.32. The standard InChI is InChI=1S/C23H24F3NO7/c1-4-33-19-10-5-14(12-18(20(28)31-2)21(29)32-3)11-15(19)13-34-22(30)27-17-8-6-16(7-9-17)23(24,25)26/h5-11,18H,4,12-13H2,1-3H3,(H,27,30). The first kappa shape index (κ1) is 26.5. The van der Waals surface area contributed by atoms with Gasteiger partial charge in [0.2, 0.25) is 0 Å². The fourth-order valence-corrected chi connectivity index (χ4v) is 2.99. The summed E-state index contributed by atoms with van der Waals surface area (Å²) in [6.45, 7) is 1.86. The van der Waals surface area contributed by atoms with Gasteiger partial charge in [-0.15, -0.1) is 0 Å². The zero-order valence-electron chi connectivity index (χ0n) is 18.7. The highest BCUT2D eigenvalue weighted by atomic mass is 19.4. The lowest BCUT2D eigenvalue weighted by Crippen LogP contribution is -2.28. The van der Waals surface area contributed by atoms with Gasteiger partial charge in [-0.1, -0.05) is 6.07 Å². The number of carbonyl (C=O) groups is 3. The maximum atomic E-state index is 12.7. The summed E-state index contributed by atoms with van der Waals surface area (Å²) in [6, 6.07) is 8.75. The Morgan fingerprint density at radius 3 is 2.12 bits per heavy atom. The topological polar surface area (TPSA) is 100 Å². The van der Waals surface area contributed by atoms with Gasteiger partial charge in [0.1, 0.15) is 12.4 Å². The van der Waals surface area contributed by atoms with Crippen molar-refractivity contribution >= 4 is 23.7 Å². The first-order chi connectivity index (χ1) is 16.1. The minimum atomic E-state index is -4.49. The highest BCUT2D eigenvalue weighted by Gasteiger charge is 2.30. The van der Waals surface area contributed by atoms with Crippen molar-refractivity contribution in [3.05, 3.63) is 59.2 Å². The quantitative estimate of drug-likeness (QED) is 0.321. The van der Waals surface area contributed by atoms with E-state index in [9.17, 15) is 27.6 Å². The number of alkyl halides is 3. The summed E-state index contributed by atoms with van der Waals surface area (Å²) in [6.07, 6.45) is -5.40. The molecule has 0 radical (unpaired) electrons. The number of ether oxygens (including phenoxy) is 4. The monoisotopic (exact) mass is 483 g/mol. The molecule has 0 aromatic heterocycles. The normalized spacial score (nSPS) is 11.0. The first-order valence-corrected chi connectivity index (χ1v) is 10.1. The third kappa shape index (κ3) is 7.39. The second-order valence-electron chi connectivity index (χ2n) is 6.95. The molecule has 0 spiro atoms. The third-order valence-electron chi connectivity index (χ3n) is 4.65. The van der Waals surface area contributed by atoms with Gasteiger partial charge < -0.3 is 18.9 Å². The van der Waals surface area contributed by atoms with Crippen LogP contribution < -0.4 is 10.1 Å². The minimum Gasteiger partial charge on any atom is -0.493 e. The number of rotatable bonds is 9. The van der Waals surface area contributed by atoms with Crippen molar-refractivity contribution in [1.29, 1.82) is 0 Å². The van der Waals surface area contributed by atoms with Gasteiger partial charge >= 0.3 is 24.2 Å². The van der Waals surface area contributed by atoms with E-state index in [1.54, 1.807) is 25.1 Å². The van der Waals surface area contributed by atoms with Crippen LogP contribution in [0.3, 0.4) is 0 Å². The van der Waals surface area contributed by atoms with Crippen molar-refractivity contribution in [3.63, 3.8) is 0 Å². The fourth-order valence-electron chi connectivity index (χ4n) is 2.99. The van der Waals surface area contributed by atoms with Crippen LogP contribution in [0.15, 0.2) is 42.5 Å². The Hall–Kier alpha value is -3.76. The molecule has 2 aromatic carbocycles. The average Bonchev–Trinajstić information content (AvgIpc) is 2.81. The number of nitrogens with one attached hydrogen (secondary N) is 1. The lowest BCUT2D eigenvalue weighted by molar-refractivity contribution is -0.158. The number of benzene rings is 2. The molecule has 0 saturated carbocycles. The molecular weight excluding hydrogens is 459 g/mol. The van der Waals surface area contributed by atoms with Gasteiger partial charge in [0.15, 0.2) is 5.92 Å². The summed E-state index contributed by atoms with van der Waals surface area (Å²) in [5.74, 6) is -2.27. The van der Waals surface area contributed by atoms with Crippen LogP contribution in [0.2, 0.25) is 0 Å². The van der Waals surface area contributed by atoms with Crippen molar-refractivity contribution in [3.8, 4) is 5.75 Å². The molecule has 11 heteroatoms. The van der Waals surface area contributed by atoms with E-state index in [0.717, 1.165) is 38.5 Å². The molecule has 0 fully saturated rings. The molecule has 1 N–H and O–H groups in total. The maximum absolute atomic E-state index is 12.7. The summed E-state index contributed by atoms with van der Waals surface area (Å²) in [4.78, 5) is 36.0. The van der Waals surface area contributed by atoms with Crippen molar-refractivity contribution in [2.24, 2.45) is 5.92 Å². The number of esters is 2. The second kappa shape index (κ2) is 11.9. The van der Waals surface area contributed by atoms with E-state index >= 15 is 0 Å². The summed E-state index contributed by atoms with van der Waals surface area (Å²) in [5, 5.41) is 2.34. The van der Waals surface area contributed by atoms with Gasteiger partial charge in [-0.25, -0.2) is 4.79 Å². The Labute approximate surface area is 193 Å². The number of amides is 1. The van der Waals surface area contributed by atoms with Gasteiger partial charge in [0, 0.05) is 11.3 Å². The summed E-state index contributed by atoms with van der Waals surface area (Å²) >= 11 is 0. The molecule has 0 aliphatic carbocycles. The molecule has 0 atom stereocenters. The molecule has 0 aliphatic rings. The lowest BCUT2D eigenvalue weighted by atomic mass is 9.97. The summed E-state index contributed by atoms with van der Waals surface area (Å²) in [5.41, 5.74) is 0.291. The van der Waals surface area contributed by atoms with Crippen LogP contribution in [0.1, 0.15) is 23.6 Å². The molecule has 0 saturated heterocycles. The van der Waals surface area contributed by atoms with Gasteiger partial charge in [0.05, 0.1) is 26.4 Å². The van der Waals surface area contributed by atoms with Crippen LogP contribution in [0, 0.1) is 5.92 Å². The van der Waals surface area contributed by atoms with Crippen LogP contribution in [-0.4, -0.2) is 38.9 Å². The highest BCUT2D eigenvalue weighted by Crippen LogP contribution is 2.30. The Bertz CT molecular complexity index is 991. The molecule has 0 bridgehead atoms. The number of methoxy groups -OCH3 is 2. The molecule has 1 amide bonds. The number of anilines is 1. The number of halogens is 3. The van der Waals surface area contributed by atoms with Crippen LogP contribution >= 0.6 is 0 Å². The van der Waals surface area contributed by atoms with Gasteiger partial charge in [-0.2, -0.15) is 13.2 Å². The summed E-state index contributed by atoms with van der Waals surface area (Å²) < 4.78 is 58.0. The molecule has 2 aromatic rings.